The standard InChI is InChI=1S/C19H24N4O.C2H4O2/c1-3-4-18-21-12(2)5-16(22-18)14-7-17-15-6-13(9-20-10-15)11-23(17)19(24)8-14;1-2(3)4/h5,7-8,13,15,20H,3-4,6,9-11H2,1-2H3;1H3,(H,3,4)/t13-,15+;/m0./s1. The van der Waals surface area contributed by atoms with Crippen molar-refractivity contribution in [2.24, 2.45) is 5.92 Å². The van der Waals surface area contributed by atoms with Gasteiger partial charge in [0.05, 0.1) is 5.69 Å². The summed E-state index contributed by atoms with van der Waals surface area (Å²) in [6.45, 7) is 8.02. The van der Waals surface area contributed by atoms with E-state index in [2.05, 4.69) is 28.3 Å². The Kier molecular flexibility index (Phi) is 6.24. The molecule has 2 N–H and O–H groups in total. The predicted octanol–water partition coefficient (Wildman–Crippen LogP) is 2.36. The first-order chi connectivity index (χ1) is 13.4. The van der Waals surface area contributed by atoms with Crippen LogP contribution in [-0.2, 0) is 17.8 Å². The highest BCUT2D eigenvalue weighted by atomic mass is 16.4. The molecule has 4 heterocycles. The lowest BCUT2D eigenvalue weighted by molar-refractivity contribution is -0.134. The molecule has 7 nitrogen and oxygen atoms in total. The van der Waals surface area contributed by atoms with Gasteiger partial charge < -0.3 is 15.0 Å². The summed E-state index contributed by atoms with van der Waals surface area (Å²) >= 11 is 0. The molecule has 2 aliphatic heterocycles. The number of carboxylic acid groups (broad SMARTS) is 1. The second kappa shape index (κ2) is 8.65. The van der Waals surface area contributed by atoms with E-state index in [0.717, 1.165) is 67.9 Å². The number of nitrogens with one attached hydrogen (secondary N) is 1. The van der Waals surface area contributed by atoms with Gasteiger partial charge >= 0.3 is 0 Å². The minimum atomic E-state index is -0.833. The molecular formula is C21H28N4O3. The van der Waals surface area contributed by atoms with Crippen LogP contribution >= 0.6 is 0 Å². The van der Waals surface area contributed by atoms with Crippen molar-refractivity contribution in [2.75, 3.05) is 13.1 Å². The lowest BCUT2D eigenvalue weighted by atomic mass is 9.83. The van der Waals surface area contributed by atoms with E-state index >= 15 is 0 Å². The number of aromatic nitrogens is 3. The number of aliphatic carboxylic acids is 1. The highest BCUT2D eigenvalue weighted by molar-refractivity contribution is 5.63. The van der Waals surface area contributed by atoms with E-state index in [-0.39, 0.29) is 5.56 Å². The van der Waals surface area contributed by atoms with E-state index in [4.69, 9.17) is 9.90 Å². The first kappa shape index (κ1) is 20.2. The monoisotopic (exact) mass is 384 g/mol. The third-order valence-corrected chi connectivity index (χ3v) is 5.13. The van der Waals surface area contributed by atoms with Crippen molar-refractivity contribution in [1.82, 2.24) is 19.9 Å². The Bertz CT molecular complexity index is 918. The summed E-state index contributed by atoms with van der Waals surface area (Å²) < 4.78 is 1.98. The van der Waals surface area contributed by atoms with Crippen LogP contribution in [0.4, 0.5) is 0 Å². The molecule has 150 valence electrons. The maximum atomic E-state index is 12.7. The molecule has 7 heteroatoms. The predicted molar refractivity (Wildman–Crippen MR) is 107 cm³/mol. The maximum Gasteiger partial charge on any atom is 0.300 e. The van der Waals surface area contributed by atoms with Gasteiger partial charge in [0, 0.05) is 55.4 Å². The molecule has 4 rings (SSSR count). The second-order valence-corrected chi connectivity index (χ2v) is 7.65. The van der Waals surface area contributed by atoms with Crippen molar-refractivity contribution in [3.63, 3.8) is 0 Å². The van der Waals surface area contributed by atoms with E-state index in [1.54, 1.807) is 6.07 Å². The number of carboxylic acids is 1. The Morgan fingerprint density at radius 2 is 2.04 bits per heavy atom. The van der Waals surface area contributed by atoms with Crippen LogP contribution in [-0.4, -0.2) is 38.7 Å². The second-order valence-electron chi connectivity index (χ2n) is 7.65. The Balaban J connectivity index is 0.000000516. The molecule has 28 heavy (non-hydrogen) atoms. The molecule has 0 unspecified atom stereocenters. The van der Waals surface area contributed by atoms with E-state index in [1.165, 1.54) is 6.42 Å². The SMILES string of the molecule is CC(=O)O.CCCc1nc(C)cc(-c2cc3n(c(=O)c2)C[C@@H]2CNC[C@H]3C2)n1. The van der Waals surface area contributed by atoms with Gasteiger partial charge in [-0.3, -0.25) is 9.59 Å². The minimum absolute atomic E-state index is 0.104. The largest absolute Gasteiger partial charge is 0.481 e. The molecule has 2 atom stereocenters. The van der Waals surface area contributed by atoms with Gasteiger partial charge in [-0.15, -0.1) is 0 Å². The van der Waals surface area contributed by atoms with Gasteiger partial charge in [-0.05, 0) is 44.4 Å². The van der Waals surface area contributed by atoms with Gasteiger partial charge in [0.2, 0.25) is 0 Å². The molecule has 0 radical (unpaired) electrons. The molecule has 0 spiro atoms. The van der Waals surface area contributed by atoms with E-state index in [0.29, 0.717) is 11.8 Å². The summed E-state index contributed by atoms with van der Waals surface area (Å²) in [6.07, 6.45) is 3.07. The first-order valence-electron chi connectivity index (χ1n) is 9.87. The van der Waals surface area contributed by atoms with Crippen LogP contribution in [0.3, 0.4) is 0 Å². The van der Waals surface area contributed by atoms with Crippen LogP contribution in [0.25, 0.3) is 11.3 Å². The Labute approximate surface area is 164 Å². The summed E-state index contributed by atoms with van der Waals surface area (Å²) in [6, 6.07) is 5.90. The lowest BCUT2D eigenvalue weighted by Gasteiger charge is -2.37. The number of pyridine rings is 1. The maximum absolute atomic E-state index is 12.7. The van der Waals surface area contributed by atoms with Crippen LogP contribution in [0.2, 0.25) is 0 Å². The topological polar surface area (TPSA) is 97.1 Å². The molecule has 2 aliphatic rings. The third kappa shape index (κ3) is 4.65. The van der Waals surface area contributed by atoms with Gasteiger partial charge in [-0.1, -0.05) is 6.92 Å². The molecule has 2 bridgehead atoms. The Hall–Kier alpha value is -2.54. The third-order valence-electron chi connectivity index (χ3n) is 5.13. The van der Waals surface area contributed by atoms with Crippen LogP contribution in [0, 0.1) is 12.8 Å². The van der Waals surface area contributed by atoms with Crippen molar-refractivity contribution in [3.05, 3.63) is 45.8 Å². The molecular weight excluding hydrogens is 356 g/mol. The Morgan fingerprint density at radius 3 is 2.75 bits per heavy atom. The molecule has 2 aromatic rings. The number of nitrogens with zero attached hydrogens (tertiary/aromatic N) is 3. The summed E-state index contributed by atoms with van der Waals surface area (Å²) in [5.74, 6) is 1.05. The van der Waals surface area contributed by atoms with Gasteiger partial charge in [0.15, 0.2) is 0 Å². The van der Waals surface area contributed by atoms with Crippen molar-refractivity contribution >= 4 is 5.97 Å². The molecule has 1 saturated heterocycles. The van der Waals surface area contributed by atoms with Gasteiger partial charge in [-0.25, -0.2) is 9.97 Å². The first-order valence-corrected chi connectivity index (χ1v) is 9.87. The average Bonchev–Trinajstić information content (AvgIpc) is 2.62. The summed E-state index contributed by atoms with van der Waals surface area (Å²) in [7, 11) is 0. The quantitative estimate of drug-likeness (QED) is 0.843. The number of aryl methyl sites for hydroxylation is 2. The van der Waals surface area contributed by atoms with Crippen LogP contribution in [0.15, 0.2) is 23.0 Å². The number of carbonyl (C=O) groups is 1. The number of rotatable bonds is 3. The smallest absolute Gasteiger partial charge is 0.300 e. The van der Waals surface area contributed by atoms with E-state index < -0.39 is 5.97 Å². The fraction of sp³-hybridized carbons (Fsp3) is 0.524. The zero-order chi connectivity index (χ0) is 20.3. The van der Waals surface area contributed by atoms with Gasteiger partial charge in [0.1, 0.15) is 5.82 Å². The van der Waals surface area contributed by atoms with Crippen molar-refractivity contribution in [1.29, 1.82) is 0 Å². The molecule has 0 aliphatic carbocycles. The summed E-state index contributed by atoms with van der Waals surface area (Å²) in [5, 5.41) is 10.9. The van der Waals surface area contributed by atoms with Crippen LogP contribution < -0.4 is 10.9 Å². The molecule has 0 aromatic carbocycles. The fourth-order valence-electron chi connectivity index (χ4n) is 4.07. The normalized spacial score (nSPS) is 20.0. The fourth-order valence-corrected chi connectivity index (χ4v) is 4.07. The van der Waals surface area contributed by atoms with E-state index in [1.807, 2.05) is 17.6 Å². The molecule has 2 aromatic heterocycles. The van der Waals surface area contributed by atoms with Gasteiger partial charge in [-0.2, -0.15) is 0 Å². The number of hydrogen-bond acceptors (Lipinski definition) is 5. The van der Waals surface area contributed by atoms with Crippen molar-refractivity contribution in [3.8, 4) is 11.3 Å². The average molecular weight is 384 g/mol. The molecule has 0 saturated carbocycles. The lowest BCUT2D eigenvalue weighted by Crippen LogP contribution is -2.44. The van der Waals surface area contributed by atoms with Crippen molar-refractivity contribution < 1.29 is 9.90 Å². The highest BCUT2D eigenvalue weighted by Gasteiger charge is 2.31. The molecule has 0 amide bonds. The zero-order valence-electron chi connectivity index (χ0n) is 16.7. The zero-order valence-corrected chi connectivity index (χ0v) is 16.7. The highest BCUT2D eigenvalue weighted by Crippen LogP contribution is 2.33. The number of fused-ring (bicyclic) bond motifs is 4. The minimum Gasteiger partial charge on any atom is -0.481 e. The van der Waals surface area contributed by atoms with Gasteiger partial charge in [0.25, 0.3) is 11.5 Å². The molecule has 1 fully saturated rings. The number of piperidine rings is 1. The van der Waals surface area contributed by atoms with E-state index in [9.17, 15) is 4.79 Å². The van der Waals surface area contributed by atoms with Crippen molar-refractivity contribution in [2.45, 2.75) is 52.5 Å². The number of hydrogen-bond donors (Lipinski definition) is 2. The summed E-state index contributed by atoms with van der Waals surface area (Å²) in [5.41, 5.74) is 4.03. The summed E-state index contributed by atoms with van der Waals surface area (Å²) in [4.78, 5) is 30.9. The Morgan fingerprint density at radius 1 is 1.29 bits per heavy atom. The van der Waals surface area contributed by atoms with Crippen LogP contribution in [0.1, 0.15) is 49.8 Å². The van der Waals surface area contributed by atoms with Crippen LogP contribution in [0.5, 0.6) is 0 Å².